The van der Waals surface area contributed by atoms with Gasteiger partial charge < -0.3 is 14.2 Å². The Hall–Kier alpha value is -1.60. The fraction of sp³-hybridized carbons (Fsp3) is 0.529. The highest BCUT2D eigenvalue weighted by atomic mass is 79.9. The van der Waals surface area contributed by atoms with Gasteiger partial charge in [-0.2, -0.15) is 0 Å². The summed E-state index contributed by atoms with van der Waals surface area (Å²) in [5.41, 5.74) is 0.893. The Bertz CT molecular complexity index is 539. The lowest BCUT2D eigenvalue weighted by Crippen LogP contribution is -2.56. The van der Waals surface area contributed by atoms with Gasteiger partial charge >= 0.3 is 12.1 Å². The van der Waals surface area contributed by atoms with Gasteiger partial charge in [0, 0.05) is 11.9 Å². The first kappa shape index (κ1) is 18.7. The average molecular weight is 400 g/mol. The van der Waals surface area contributed by atoms with E-state index in [1.165, 1.54) is 12.0 Å². The summed E-state index contributed by atoms with van der Waals surface area (Å²) in [6.45, 7) is 1.07. The van der Waals surface area contributed by atoms with E-state index in [4.69, 9.17) is 14.2 Å². The zero-order chi connectivity index (χ0) is 17.4. The molecule has 1 amide bonds. The number of carbonyl (C=O) groups excluding carboxylic acids is 2. The van der Waals surface area contributed by atoms with E-state index < -0.39 is 18.1 Å². The van der Waals surface area contributed by atoms with Crippen LogP contribution in [0.2, 0.25) is 0 Å². The maximum atomic E-state index is 12.5. The summed E-state index contributed by atoms with van der Waals surface area (Å²) in [5, 5.41) is 0.663. The van der Waals surface area contributed by atoms with Gasteiger partial charge in [-0.3, -0.25) is 4.90 Å². The van der Waals surface area contributed by atoms with Gasteiger partial charge in [0.25, 0.3) is 0 Å². The molecule has 0 N–H and O–H groups in total. The van der Waals surface area contributed by atoms with E-state index in [0.717, 1.165) is 12.0 Å². The molecule has 6 nitrogen and oxygen atoms in total. The number of likely N-dealkylation sites (tertiary alicyclic amines) is 1. The molecule has 1 aromatic rings. The van der Waals surface area contributed by atoms with Gasteiger partial charge in [0.1, 0.15) is 6.61 Å². The number of halogens is 1. The Morgan fingerprint density at radius 1 is 1.29 bits per heavy atom. The topological polar surface area (TPSA) is 65.1 Å². The van der Waals surface area contributed by atoms with Crippen LogP contribution in [0.3, 0.4) is 0 Å². The van der Waals surface area contributed by atoms with Crippen LogP contribution in [-0.2, 0) is 25.6 Å². The van der Waals surface area contributed by atoms with Gasteiger partial charge in [-0.05, 0) is 18.4 Å². The molecule has 0 aliphatic carbocycles. The number of esters is 1. The maximum absolute atomic E-state index is 12.5. The lowest BCUT2D eigenvalue weighted by molar-refractivity contribution is -0.155. The molecule has 0 bridgehead atoms. The van der Waals surface area contributed by atoms with Crippen molar-refractivity contribution in [3.8, 4) is 0 Å². The molecule has 24 heavy (non-hydrogen) atoms. The number of rotatable bonds is 6. The van der Waals surface area contributed by atoms with Crippen molar-refractivity contribution >= 4 is 28.0 Å². The Morgan fingerprint density at radius 3 is 2.71 bits per heavy atom. The van der Waals surface area contributed by atoms with Crippen molar-refractivity contribution < 1.29 is 23.8 Å². The van der Waals surface area contributed by atoms with Crippen LogP contribution in [-0.4, -0.2) is 54.7 Å². The highest BCUT2D eigenvalue weighted by molar-refractivity contribution is 9.09. The molecule has 132 valence electrons. The zero-order valence-corrected chi connectivity index (χ0v) is 15.2. The van der Waals surface area contributed by atoms with E-state index >= 15 is 0 Å². The van der Waals surface area contributed by atoms with Gasteiger partial charge in [-0.15, -0.1) is 0 Å². The van der Waals surface area contributed by atoms with Gasteiger partial charge in [0.2, 0.25) is 0 Å². The van der Waals surface area contributed by atoms with Crippen molar-refractivity contribution in [3.63, 3.8) is 0 Å². The first-order valence-corrected chi connectivity index (χ1v) is 9.02. The molecule has 1 aliphatic heterocycles. The smallest absolute Gasteiger partial charge is 0.410 e. The first-order valence-electron chi connectivity index (χ1n) is 7.90. The number of alkyl halides is 1. The highest BCUT2D eigenvalue weighted by Gasteiger charge is 2.41. The summed E-state index contributed by atoms with van der Waals surface area (Å²) in [6, 6.07) is 8.64. The molecule has 2 rings (SSSR count). The fourth-order valence-corrected chi connectivity index (χ4v) is 2.92. The van der Waals surface area contributed by atoms with E-state index in [1.807, 2.05) is 30.3 Å². The van der Waals surface area contributed by atoms with Crippen LogP contribution in [0.5, 0.6) is 0 Å². The second kappa shape index (κ2) is 9.64. The lowest BCUT2D eigenvalue weighted by atomic mass is 9.99. The van der Waals surface area contributed by atoms with Crippen LogP contribution in [0.25, 0.3) is 0 Å². The minimum atomic E-state index is -0.772. The summed E-state index contributed by atoms with van der Waals surface area (Å²) in [4.78, 5) is 26.0. The van der Waals surface area contributed by atoms with Crippen molar-refractivity contribution in [2.75, 3.05) is 25.6 Å². The number of carbonyl (C=O) groups is 2. The average Bonchev–Trinajstić information content (AvgIpc) is 2.64. The van der Waals surface area contributed by atoms with Crippen LogP contribution < -0.4 is 0 Å². The summed E-state index contributed by atoms with van der Waals surface area (Å²) in [6.07, 6.45) is 0.547. The molecule has 1 heterocycles. The maximum Gasteiger partial charge on any atom is 0.410 e. The Balaban J connectivity index is 2.03. The summed E-state index contributed by atoms with van der Waals surface area (Å²) in [5.74, 6) is -0.481. The molecular weight excluding hydrogens is 378 g/mol. The molecule has 1 aliphatic rings. The molecule has 0 saturated carbocycles. The summed E-state index contributed by atoms with van der Waals surface area (Å²) in [7, 11) is 1.31. The number of nitrogens with zero attached hydrogens (tertiary/aromatic N) is 1. The predicted molar refractivity (Wildman–Crippen MR) is 91.9 cm³/mol. The third-order valence-corrected chi connectivity index (χ3v) is 4.19. The predicted octanol–water partition coefficient (Wildman–Crippen LogP) is 2.74. The molecule has 7 heteroatoms. The standard InChI is InChI=1S/C17H22BrNO5/c1-22-16(20)15-14(23-11-9-18)8-5-10-19(15)17(21)24-12-13-6-3-2-4-7-13/h2-4,6-7,14-15H,5,8-12H2,1H3. The lowest BCUT2D eigenvalue weighted by Gasteiger charge is -2.38. The van der Waals surface area contributed by atoms with Crippen LogP contribution in [0.4, 0.5) is 4.79 Å². The summed E-state index contributed by atoms with van der Waals surface area (Å²) >= 11 is 3.30. The monoisotopic (exact) mass is 399 g/mol. The van der Waals surface area contributed by atoms with Gasteiger partial charge in [-0.1, -0.05) is 46.3 Å². The van der Waals surface area contributed by atoms with Crippen molar-refractivity contribution in [1.82, 2.24) is 4.90 Å². The zero-order valence-electron chi connectivity index (χ0n) is 13.7. The Labute approximate surface area is 150 Å². The van der Waals surface area contributed by atoms with E-state index in [2.05, 4.69) is 15.9 Å². The summed E-state index contributed by atoms with van der Waals surface area (Å²) < 4.78 is 15.9. The van der Waals surface area contributed by atoms with Crippen LogP contribution in [0.15, 0.2) is 30.3 Å². The molecule has 2 atom stereocenters. The van der Waals surface area contributed by atoms with E-state index in [1.54, 1.807) is 0 Å². The number of ether oxygens (including phenoxy) is 3. The largest absolute Gasteiger partial charge is 0.467 e. The second-order valence-corrected chi connectivity index (χ2v) is 6.24. The number of hydrogen-bond donors (Lipinski definition) is 0. The molecule has 0 spiro atoms. The highest BCUT2D eigenvalue weighted by Crippen LogP contribution is 2.23. The third-order valence-electron chi connectivity index (χ3n) is 3.87. The second-order valence-electron chi connectivity index (χ2n) is 5.44. The van der Waals surface area contributed by atoms with E-state index in [0.29, 0.717) is 24.9 Å². The third kappa shape index (κ3) is 4.95. The van der Waals surface area contributed by atoms with Crippen LogP contribution in [0, 0.1) is 0 Å². The first-order chi connectivity index (χ1) is 11.7. The molecule has 1 saturated heterocycles. The molecule has 0 radical (unpaired) electrons. The fourth-order valence-electron chi connectivity index (χ4n) is 2.74. The number of benzene rings is 1. The minimum Gasteiger partial charge on any atom is -0.467 e. The number of methoxy groups -OCH3 is 1. The van der Waals surface area contributed by atoms with Gasteiger partial charge in [0.15, 0.2) is 6.04 Å². The Kier molecular flexibility index (Phi) is 7.52. The number of piperidine rings is 1. The molecule has 1 fully saturated rings. The van der Waals surface area contributed by atoms with E-state index in [-0.39, 0.29) is 12.7 Å². The minimum absolute atomic E-state index is 0.164. The number of amides is 1. The normalized spacial score (nSPS) is 20.5. The Morgan fingerprint density at radius 2 is 2.04 bits per heavy atom. The van der Waals surface area contributed by atoms with Crippen molar-refractivity contribution in [2.24, 2.45) is 0 Å². The van der Waals surface area contributed by atoms with Crippen molar-refractivity contribution in [1.29, 1.82) is 0 Å². The quantitative estimate of drug-likeness (QED) is 0.543. The number of hydrogen-bond acceptors (Lipinski definition) is 5. The molecule has 2 unspecified atom stereocenters. The molecule has 0 aromatic heterocycles. The SMILES string of the molecule is COC(=O)C1C(OCCBr)CCCN1C(=O)OCc1ccccc1. The van der Waals surface area contributed by atoms with E-state index in [9.17, 15) is 9.59 Å². The van der Waals surface area contributed by atoms with Crippen molar-refractivity contribution in [3.05, 3.63) is 35.9 Å². The van der Waals surface area contributed by atoms with Gasteiger partial charge in [-0.25, -0.2) is 9.59 Å². The van der Waals surface area contributed by atoms with Crippen LogP contribution >= 0.6 is 15.9 Å². The van der Waals surface area contributed by atoms with Crippen LogP contribution in [0.1, 0.15) is 18.4 Å². The molecule has 1 aromatic carbocycles. The van der Waals surface area contributed by atoms with Crippen molar-refractivity contribution in [2.45, 2.75) is 31.6 Å². The van der Waals surface area contributed by atoms with Gasteiger partial charge in [0.05, 0.1) is 19.8 Å². The molecular formula is C17H22BrNO5.